The molecule has 0 fully saturated rings. The van der Waals surface area contributed by atoms with Crippen LogP contribution in [0.5, 0.6) is 0 Å². The summed E-state index contributed by atoms with van der Waals surface area (Å²) in [4.78, 5) is 0. The first-order valence-corrected chi connectivity index (χ1v) is 8.99. The van der Waals surface area contributed by atoms with Crippen molar-refractivity contribution in [3.05, 3.63) is 35.9 Å². The van der Waals surface area contributed by atoms with Gasteiger partial charge in [0.1, 0.15) is 0 Å². The van der Waals surface area contributed by atoms with E-state index in [-0.39, 0.29) is 13.0 Å². The van der Waals surface area contributed by atoms with Crippen LogP contribution < -0.4 is 4.72 Å². The lowest BCUT2D eigenvalue weighted by Crippen LogP contribution is -2.46. The fourth-order valence-corrected chi connectivity index (χ4v) is 3.02. The first kappa shape index (κ1) is 19.1. The van der Waals surface area contributed by atoms with E-state index < -0.39 is 26.9 Å². The van der Waals surface area contributed by atoms with Gasteiger partial charge in [-0.1, -0.05) is 30.3 Å². The van der Waals surface area contributed by atoms with Gasteiger partial charge in [0.05, 0.1) is 17.5 Å². The monoisotopic (exact) mass is 329 g/mol. The van der Waals surface area contributed by atoms with Gasteiger partial charge in [-0.05, 0) is 45.6 Å². The Balaban J connectivity index is 2.76. The normalized spacial score (nSPS) is 15.5. The first-order valence-electron chi connectivity index (χ1n) is 7.50. The second-order valence-corrected chi connectivity index (χ2v) is 8.99. The summed E-state index contributed by atoms with van der Waals surface area (Å²) in [6.45, 7) is 4.52. The molecule has 0 saturated carbocycles. The largest absolute Gasteiger partial charge is 0.394 e. The van der Waals surface area contributed by atoms with Gasteiger partial charge in [-0.15, -0.1) is 0 Å². The van der Waals surface area contributed by atoms with Crippen LogP contribution in [-0.2, 0) is 16.4 Å². The molecule has 1 aromatic rings. The molecule has 0 unspecified atom stereocenters. The summed E-state index contributed by atoms with van der Waals surface area (Å²) in [6, 6.07) is 9.36. The lowest BCUT2D eigenvalue weighted by Gasteiger charge is -2.26. The average Bonchev–Trinajstić information content (AvgIpc) is 2.44. The van der Waals surface area contributed by atoms with Gasteiger partial charge in [-0.25, -0.2) is 13.1 Å². The van der Waals surface area contributed by atoms with E-state index in [9.17, 15) is 13.5 Å². The minimum absolute atomic E-state index is 0.193. The minimum Gasteiger partial charge on any atom is -0.394 e. The molecular formula is C16H27NO4S. The number of aliphatic hydroxyl groups excluding tert-OH is 2. The summed E-state index contributed by atoms with van der Waals surface area (Å²) in [7, 11) is -3.50. The van der Waals surface area contributed by atoms with Crippen LogP contribution >= 0.6 is 0 Å². The van der Waals surface area contributed by atoms with E-state index in [4.69, 9.17) is 5.11 Å². The predicted octanol–water partition coefficient (Wildman–Crippen LogP) is 1.45. The lowest BCUT2D eigenvalue weighted by atomic mass is 10.0. The summed E-state index contributed by atoms with van der Waals surface area (Å²) in [5.74, 6) is 0. The summed E-state index contributed by atoms with van der Waals surface area (Å²) in [5.41, 5.74) is 1.11. The molecule has 0 amide bonds. The number of nitrogens with one attached hydrogen (secondary N) is 1. The van der Waals surface area contributed by atoms with Gasteiger partial charge in [-0.3, -0.25) is 0 Å². The molecule has 0 saturated heterocycles. The predicted molar refractivity (Wildman–Crippen MR) is 88.1 cm³/mol. The van der Waals surface area contributed by atoms with Crippen LogP contribution in [0, 0.1) is 0 Å². The van der Waals surface area contributed by atoms with Crippen molar-refractivity contribution < 1.29 is 18.6 Å². The van der Waals surface area contributed by atoms with Gasteiger partial charge in [-0.2, -0.15) is 0 Å². The molecule has 0 aromatic heterocycles. The molecule has 0 heterocycles. The number of benzene rings is 1. The van der Waals surface area contributed by atoms with E-state index in [1.807, 2.05) is 30.3 Å². The maximum absolute atomic E-state index is 12.3. The Bertz CT molecular complexity index is 537. The van der Waals surface area contributed by atoms with Gasteiger partial charge < -0.3 is 10.2 Å². The highest BCUT2D eigenvalue weighted by Crippen LogP contribution is 2.17. The maximum atomic E-state index is 12.3. The molecule has 22 heavy (non-hydrogen) atoms. The van der Waals surface area contributed by atoms with Gasteiger partial charge in [0, 0.05) is 6.04 Å². The molecule has 5 nitrogen and oxygen atoms in total. The number of rotatable bonds is 8. The zero-order valence-electron chi connectivity index (χ0n) is 13.5. The van der Waals surface area contributed by atoms with Crippen LogP contribution in [0.1, 0.15) is 39.2 Å². The van der Waals surface area contributed by atoms with Crippen LogP contribution in [0.2, 0.25) is 0 Å². The van der Waals surface area contributed by atoms with Crippen LogP contribution in [0.4, 0.5) is 0 Å². The van der Waals surface area contributed by atoms with Crippen molar-refractivity contribution in [2.45, 2.75) is 56.9 Å². The molecule has 1 aromatic carbocycles. The molecule has 2 atom stereocenters. The van der Waals surface area contributed by atoms with Crippen molar-refractivity contribution in [1.29, 1.82) is 0 Å². The number of aryl methyl sites for hydroxylation is 1. The van der Waals surface area contributed by atoms with E-state index in [1.165, 1.54) is 0 Å². The molecule has 0 aliphatic heterocycles. The van der Waals surface area contributed by atoms with Gasteiger partial charge in [0.2, 0.25) is 10.0 Å². The zero-order chi connectivity index (χ0) is 16.8. The van der Waals surface area contributed by atoms with Gasteiger partial charge in [0.15, 0.2) is 0 Å². The topological polar surface area (TPSA) is 86.6 Å². The Kier molecular flexibility index (Phi) is 6.99. The van der Waals surface area contributed by atoms with Crippen molar-refractivity contribution in [2.24, 2.45) is 0 Å². The molecule has 0 radical (unpaired) electrons. The highest BCUT2D eigenvalue weighted by molar-refractivity contribution is 7.90. The van der Waals surface area contributed by atoms with Crippen molar-refractivity contribution in [2.75, 3.05) is 6.61 Å². The molecule has 126 valence electrons. The van der Waals surface area contributed by atoms with Crippen molar-refractivity contribution in [1.82, 2.24) is 4.72 Å². The Morgan fingerprint density at radius 3 is 2.27 bits per heavy atom. The molecule has 1 rings (SSSR count). The van der Waals surface area contributed by atoms with E-state index in [2.05, 4.69) is 4.72 Å². The summed E-state index contributed by atoms with van der Waals surface area (Å²) in [6.07, 6.45) is 0.536. The van der Waals surface area contributed by atoms with Crippen molar-refractivity contribution >= 4 is 10.0 Å². The third kappa shape index (κ3) is 6.04. The fourth-order valence-electron chi connectivity index (χ4n) is 2.01. The molecule has 0 aliphatic carbocycles. The Labute approximate surface area is 133 Å². The lowest BCUT2D eigenvalue weighted by molar-refractivity contribution is 0.0804. The quantitative estimate of drug-likeness (QED) is 0.674. The van der Waals surface area contributed by atoms with Gasteiger partial charge >= 0.3 is 0 Å². The number of aliphatic hydroxyl groups is 2. The smallest absolute Gasteiger partial charge is 0.216 e. The fraction of sp³-hybridized carbons (Fsp3) is 0.625. The second kappa shape index (κ2) is 8.06. The SMILES string of the molecule is CC(C)(C)S(=O)(=O)N[C@H](CCc1ccccc1)C[C@H](O)CO. The maximum Gasteiger partial charge on any atom is 0.216 e. The molecular weight excluding hydrogens is 302 g/mol. The molecule has 6 heteroatoms. The van der Waals surface area contributed by atoms with Crippen molar-refractivity contribution in [3.8, 4) is 0 Å². The number of hydrogen-bond donors (Lipinski definition) is 3. The zero-order valence-corrected chi connectivity index (χ0v) is 14.3. The average molecular weight is 329 g/mol. The number of hydrogen-bond acceptors (Lipinski definition) is 4. The summed E-state index contributed by atoms with van der Waals surface area (Å²) in [5, 5.41) is 18.6. The third-order valence-corrected chi connectivity index (χ3v) is 5.78. The Hall–Kier alpha value is -0.950. The van der Waals surface area contributed by atoms with E-state index >= 15 is 0 Å². The van der Waals surface area contributed by atoms with Gasteiger partial charge in [0.25, 0.3) is 0 Å². The molecule has 0 spiro atoms. The van der Waals surface area contributed by atoms with Crippen LogP contribution in [0.3, 0.4) is 0 Å². The van der Waals surface area contributed by atoms with Crippen LogP contribution in [0.25, 0.3) is 0 Å². The minimum atomic E-state index is -3.50. The third-order valence-electron chi connectivity index (χ3n) is 3.52. The number of sulfonamides is 1. The van der Waals surface area contributed by atoms with E-state index in [0.717, 1.165) is 5.56 Å². The van der Waals surface area contributed by atoms with Crippen LogP contribution in [-0.4, -0.2) is 42.1 Å². The Morgan fingerprint density at radius 1 is 1.18 bits per heavy atom. The van der Waals surface area contributed by atoms with E-state index in [1.54, 1.807) is 20.8 Å². The second-order valence-electron chi connectivity index (χ2n) is 6.53. The highest BCUT2D eigenvalue weighted by Gasteiger charge is 2.31. The molecule has 0 bridgehead atoms. The molecule has 3 N–H and O–H groups in total. The van der Waals surface area contributed by atoms with Crippen LogP contribution in [0.15, 0.2) is 30.3 Å². The molecule has 0 aliphatic rings. The first-order chi connectivity index (χ1) is 10.2. The highest BCUT2D eigenvalue weighted by atomic mass is 32.2. The summed E-state index contributed by atoms with van der Waals surface area (Å²) < 4.78 is 26.3. The summed E-state index contributed by atoms with van der Waals surface area (Å²) >= 11 is 0. The van der Waals surface area contributed by atoms with E-state index in [0.29, 0.717) is 12.8 Å². The Morgan fingerprint density at radius 2 is 1.77 bits per heavy atom. The standard InChI is InChI=1S/C16H27NO4S/c1-16(2,3)22(20,21)17-14(11-15(19)12-18)10-9-13-7-5-4-6-8-13/h4-8,14-15,17-19H,9-12H2,1-3H3/t14-,15+/m1/s1. The van der Waals surface area contributed by atoms with Crippen molar-refractivity contribution in [3.63, 3.8) is 0 Å².